The Labute approximate surface area is 110 Å². The van der Waals surface area contributed by atoms with E-state index in [0.29, 0.717) is 0 Å². The molecule has 0 radical (unpaired) electrons. The summed E-state index contributed by atoms with van der Waals surface area (Å²) in [6.07, 6.45) is 5.57. The van der Waals surface area contributed by atoms with Gasteiger partial charge in [0.2, 0.25) is 0 Å². The monoisotopic (exact) mass is 244 g/mol. The Morgan fingerprint density at radius 1 is 1.11 bits per heavy atom. The second kappa shape index (κ2) is 5.85. The molecule has 3 rings (SSSR count). The van der Waals surface area contributed by atoms with E-state index in [4.69, 9.17) is 0 Å². The highest BCUT2D eigenvalue weighted by Gasteiger charge is 2.32. The number of benzene rings is 1. The second-order valence-corrected chi connectivity index (χ2v) is 5.77. The van der Waals surface area contributed by atoms with E-state index < -0.39 is 0 Å². The van der Waals surface area contributed by atoms with Crippen molar-refractivity contribution < 1.29 is 0 Å². The molecule has 0 spiro atoms. The van der Waals surface area contributed by atoms with Crippen LogP contribution in [0.4, 0.5) is 0 Å². The third-order valence-corrected chi connectivity index (χ3v) is 4.52. The van der Waals surface area contributed by atoms with E-state index in [9.17, 15) is 0 Å². The van der Waals surface area contributed by atoms with Gasteiger partial charge in [0, 0.05) is 12.6 Å². The van der Waals surface area contributed by atoms with Crippen molar-refractivity contribution in [3.05, 3.63) is 35.9 Å². The first-order valence-electron chi connectivity index (χ1n) is 7.42. The Morgan fingerprint density at radius 2 is 2.00 bits per heavy atom. The van der Waals surface area contributed by atoms with Crippen LogP contribution >= 0.6 is 0 Å². The van der Waals surface area contributed by atoms with E-state index in [1.165, 1.54) is 50.9 Å². The van der Waals surface area contributed by atoms with Crippen molar-refractivity contribution in [1.82, 2.24) is 10.2 Å². The molecule has 1 aromatic rings. The van der Waals surface area contributed by atoms with Crippen molar-refractivity contribution in [3.8, 4) is 0 Å². The van der Waals surface area contributed by atoms with Crippen LogP contribution in [-0.2, 0) is 6.54 Å². The van der Waals surface area contributed by atoms with Gasteiger partial charge >= 0.3 is 0 Å². The van der Waals surface area contributed by atoms with E-state index >= 15 is 0 Å². The molecule has 1 aromatic carbocycles. The number of nitrogens with one attached hydrogen (secondary N) is 1. The number of rotatable bonds is 3. The van der Waals surface area contributed by atoms with E-state index in [1.807, 2.05) is 0 Å². The molecular weight excluding hydrogens is 220 g/mol. The van der Waals surface area contributed by atoms with E-state index in [2.05, 4.69) is 40.5 Å². The van der Waals surface area contributed by atoms with Crippen molar-refractivity contribution in [2.45, 2.75) is 38.3 Å². The molecular formula is C16H24N2. The SMILES string of the molecule is c1ccc(CN2CCCC2[C@@H]2CCCNC2)cc1. The summed E-state index contributed by atoms with van der Waals surface area (Å²) in [4.78, 5) is 2.72. The Kier molecular flexibility index (Phi) is 3.96. The summed E-state index contributed by atoms with van der Waals surface area (Å²) in [7, 11) is 0. The lowest BCUT2D eigenvalue weighted by molar-refractivity contribution is 0.159. The molecule has 18 heavy (non-hydrogen) atoms. The minimum Gasteiger partial charge on any atom is -0.316 e. The van der Waals surface area contributed by atoms with E-state index in [1.54, 1.807) is 0 Å². The highest BCUT2D eigenvalue weighted by Crippen LogP contribution is 2.29. The fraction of sp³-hybridized carbons (Fsp3) is 0.625. The number of piperidine rings is 1. The van der Waals surface area contributed by atoms with Crippen LogP contribution in [0.5, 0.6) is 0 Å². The fourth-order valence-electron chi connectivity index (χ4n) is 3.61. The summed E-state index contributed by atoms with van der Waals surface area (Å²) in [5, 5.41) is 3.57. The zero-order valence-corrected chi connectivity index (χ0v) is 11.1. The standard InChI is InChI=1S/C16H24N2/c1-2-6-14(7-3-1)13-18-11-5-9-16(18)15-8-4-10-17-12-15/h1-3,6-7,15-17H,4-5,8-13H2/t15-,16?/m1/s1. The molecule has 2 fully saturated rings. The summed E-state index contributed by atoms with van der Waals surface area (Å²) >= 11 is 0. The second-order valence-electron chi connectivity index (χ2n) is 5.77. The summed E-state index contributed by atoms with van der Waals surface area (Å²) in [5.41, 5.74) is 1.47. The van der Waals surface area contributed by atoms with E-state index in [0.717, 1.165) is 18.5 Å². The summed E-state index contributed by atoms with van der Waals surface area (Å²) in [6, 6.07) is 11.8. The maximum Gasteiger partial charge on any atom is 0.0236 e. The molecule has 0 aliphatic carbocycles. The molecule has 0 amide bonds. The predicted octanol–water partition coefficient (Wildman–Crippen LogP) is 2.65. The molecule has 2 heteroatoms. The van der Waals surface area contributed by atoms with Crippen LogP contribution in [-0.4, -0.2) is 30.6 Å². The molecule has 0 bridgehead atoms. The lowest BCUT2D eigenvalue weighted by Crippen LogP contribution is -2.42. The zero-order chi connectivity index (χ0) is 12.2. The molecule has 1 N–H and O–H groups in total. The first kappa shape index (κ1) is 12.2. The highest BCUT2D eigenvalue weighted by molar-refractivity contribution is 5.15. The van der Waals surface area contributed by atoms with Crippen molar-refractivity contribution >= 4 is 0 Å². The van der Waals surface area contributed by atoms with Crippen LogP contribution in [0, 0.1) is 5.92 Å². The minimum atomic E-state index is 0.818. The van der Waals surface area contributed by atoms with Gasteiger partial charge in [-0.05, 0) is 56.8 Å². The van der Waals surface area contributed by atoms with Gasteiger partial charge in [0.05, 0.1) is 0 Å². The van der Waals surface area contributed by atoms with Gasteiger partial charge in [0.25, 0.3) is 0 Å². The Hall–Kier alpha value is -0.860. The maximum atomic E-state index is 3.57. The molecule has 2 aliphatic rings. The van der Waals surface area contributed by atoms with Gasteiger partial charge in [-0.25, -0.2) is 0 Å². The molecule has 0 saturated carbocycles. The van der Waals surface area contributed by atoms with Gasteiger partial charge in [-0.1, -0.05) is 30.3 Å². The number of hydrogen-bond donors (Lipinski definition) is 1. The molecule has 2 atom stereocenters. The average molecular weight is 244 g/mol. The van der Waals surface area contributed by atoms with Gasteiger partial charge in [-0.15, -0.1) is 0 Å². The predicted molar refractivity (Wildman–Crippen MR) is 75.5 cm³/mol. The first-order valence-corrected chi connectivity index (χ1v) is 7.42. The Bertz CT molecular complexity index is 357. The Balaban J connectivity index is 1.63. The van der Waals surface area contributed by atoms with Crippen LogP contribution in [0.25, 0.3) is 0 Å². The summed E-state index contributed by atoms with van der Waals surface area (Å²) < 4.78 is 0. The smallest absolute Gasteiger partial charge is 0.0236 e. The van der Waals surface area contributed by atoms with Crippen molar-refractivity contribution in [2.24, 2.45) is 5.92 Å². The largest absolute Gasteiger partial charge is 0.316 e. The molecule has 1 unspecified atom stereocenters. The third kappa shape index (κ3) is 2.76. The average Bonchev–Trinajstić information content (AvgIpc) is 2.89. The highest BCUT2D eigenvalue weighted by atomic mass is 15.2. The molecule has 0 aromatic heterocycles. The van der Waals surface area contributed by atoms with Gasteiger partial charge in [-0.3, -0.25) is 4.90 Å². The van der Waals surface area contributed by atoms with Crippen LogP contribution in [0.15, 0.2) is 30.3 Å². The molecule has 2 heterocycles. The molecule has 98 valence electrons. The zero-order valence-electron chi connectivity index (χ0n) is 11.1. The maximum absolute atomic E-state index is 3.57. The molecule has 2 saturated heterocycles. The molecule has 2 nitrogen and oxygen atoms in total. The summed E-state index contributed by atoms with van der Waals surface area (Å²) in [6.45, 7) is 4.88. The van der Waals surface area contributed by atoms with Gasteiger partial charge in [0.1, 0.15) is 0 Å². The van der Waals surface area contributed by atoms with Gasteiger partial charge in [-0.2, -0.15) is 0 Å². The van der Waals surface area contributed by atoms with Crippen molar-refractivity contribution in [1.29, 1.82) is 0 Å². The number of nitrogens with zero attached hydrogens (tertiary/aromatic N) is 1. The van der Waals surface area contributed by atoms with E-state index in [-0.39, 0.29) is 0 Å². The van der Waals surface area contributed by atoms with Crippen LogP contribution in [0.3, 0.4) is 0 Å². The summed E-state index contributed by atoms with van der Waals surface area (Å²) in [5.74, 6) is 0.880. The number of hydrogen-bond acceptors (Lipinski definition) is 2. The number of likely N-dealkylation sites (tertiary alicyclic amines) is 1. The van der Waals surface area contributed by atoms with Crippen LogP contribution in [0.2, 0.25) is 0 Å². The normalized spacial score (nSPS) is 29.6. The quantitative estimate of drug-likeness (QED) is 0.879. The van der Waals surface area contributed by atoms with Crippen LogP contribution < -0.4 is 5.32 Å². The first-order chi connectivity index (χ1) is 8.93. The minimum absolute atomic E-state index is 0.818. The fourth-order valence-corrected chi connectivity index (χ4v) is 3.61. The van der Waals surface area contributed by atoms with Crippen molar-refractivity contribution in [2.75, 3.05) is 19.6 Å². The third-order valence-electron chi connectivity index (χ3n) is 4.52. The van der Waals surface area contributed by atoms with Gasteiger partial charge < -0.3 is 5.32 Å². The lowest BCUT2D eigenvalue weighted by atomic mass is 9.90. The topological polar surface area (TPSA) is 15.3 Å². The Morgan fingerprint density at radius 3 is 2.78 bits per heavy atom. The van der Waals surface area contributed by atoms with Crippen LogP contribution in [0.1, 0.15) is 31.2 Å². The van der Waals surface area contributed by atoms with Crippen molar-refractivity contribution in [3.63, 3.8) is 0 Å². The molecule has 2 aliphatic heterocycles. The lowest BCUT2D eigenvalue weighted by Gasteiger charge is -2.34. The van der Waals surface area contributed by atoms with Gasteiger partial charge in [0.15, 0.2) is 0 Å².